The van der Waals surface area contributed by atoms with Crippen molar-refractivity contribution in [2.24, 2.45) is 0 Å². The van der Waals surface area contributed by atoms with Crippen LogP contribution in [0.25, 0.3) is 0 Å². The molecule has 0 radical (unpaired) electrons. The SMILES string of the molecule is CCOC(=O)N1[C@@H]2CC[C@H]1CC(N1CCC(=O)CC1)C2. The van der Waals surface area contributed by atoms with Crippen LogP contribution in [0.1, 0.15) is 45.4 Å². The number of ether oxygens (including phenoxy) is 1. The maximum absolute atomic E-state index is 12.0. The Morgan fingerprint density at radius 2 is 1.75 bits per heavy atom. The van der Waals surface area contributed by atoms with Gasteiger partial charge in [0, 0.05) is 44.1 Å². The van der Waals surface area contributed by atoms with E-state index in [-0.39, 0.29) is 6.09 Å². The summed E-state index contributed by atoms with van der Waals surface area (Å²) in [5.41, 5.74) is 0. The fraction of sp³-hybridized carbons (Fsp3) is 0.867. The Bertz CT molecular complexity index is 375. The van der Waals surface area contributed by atoms with E-state index in [4.69, 9.17) is 4.74 Å². The molecule has 1 amide bonds. The number of nitrogens with zero attached hydrogens (tertiary/aromatic N) is 2. The first-order chi connectivity index (χ1) is 9.69. The topological polar surface area (TPSA) is 49.9 Å². The predicted molar refractivity (Wildman–Crippen MR) is 74.5 cm³/mol. The summed E-state index contributed by atoms with van der Waals surface area (Å²) in [4.78, 5) is 27.8. The molecule has 0 spiro atoms. The number of amides is 1. The Balaban J connectivity index is 1.61. The van der Waals surface area contributed by atoms with Crippen LogP contribution in [0.3, 0.4) is 0 Å². The van der Waals surface area contributed by atoms with Gasteiger partial charge in [-0.1, -0.05) is 0 Å². The lowest BCUT2D eigenvalue weighted by Crippen LogP contribution is -2.54. The van der Waals surface area contributed by atoms with Gasteiger partial charge >= 0.3 is 6.09 Å². The van der Waals surface area contributed by atoms with Gasteiger partial charge in [-0.25, -0.2) is 4.79 Å². The molecule has 0 aromatic rings. The van der Waals surface area contributed by atoms with Crippen molar-refractivity contribution >= 4 is 11.9 Å². The highest BCUT2D eigenvalue weighted by Gasteiger charge is 2.45. The van der Waals surface area contributed by atoms with Crippen molar-refractivity contribution in [2.45, 2.75) is 63.6 Å². The van der Waals surface area contributed by atoms with Gasteiger partial charge in [0.25, 0.3) is 0 Å². The fourth-order valence-electron chi connectivity index (χ4n) is 4.08. The molecule has 3 fully saturated rings. The second kappa shape index (κ2) is 5.72. The van der Waals surface area contributed by atoms with Crippen LogP contribution in [-0.2, 0) is 9.53 Å². The molecule has 20 heavy (non-hydrogen) atoms. The quantitative estimate of drug-likeness (QED) is 0.774. The Morgan fingerprint density at radius 3 is 2.30 bits per heavy atom. The van der Waals surface area contributed by atoms with Crippen molar-refractivity contribution in [1.29, 1.82) is 0 Å². The molecule has 0 aromatic carbocycles. The smallest absolute Gasteiger partial charge is 0.410 e. The van der Waals surface area contributed by atoms with E-state index in [2.05, 4.69) is 4.90 Å². The summed E-state index contributed by atoms with van der Waals surface area (Å²) in [7, 11) is 0. The number of carbonyl (C=O) groups is 2. The van der Waals surface area contributed by atoms with Crippen molar-refractivity contribution in [3.05, 3.63) is 0 Å². The lowest BCUT2D eigenvalue weighted by atomic mass is 9.94. The Kier molecular flexibility index (Phi) is 3.96. The number of ketones is 1. The van der Waals surface area contributed by atoms with Crippen LogP contribution in [0.4, 0.5) is 4.79 Å². The van der Waals surface area contributed by atoms with Crippen LogP contribution in [0.15, 0.2) is 0 Å². The van der Waals surface area contributed by atoms with Crippen molar-refractivity contribution in [1.82, 2.24) is 9.80 Å². The molecular weight excluding hydrogens is 256 g/mol. The first kappa shape index (κ1) is 13.9. The predicted octanol–water partition coefficient (Wildman–Crippen LogP) is 1.80. The summed E-state index contributed by atoms with van der Waals surface area (Å²) in [6.45, 7) is 4.12. The third-order valence-corrected chi connectivity index (χ3v) is 5.06. The zero-order chi connectivity index (χ0) is 14.1. The molecule has 3 saturated heterocycles. The van der Waals surface area contributed by atoms with E-state index in [9.17, 15) is 9.59 Å². The van der Waals surface area contributed by atoms with Gasteiger partial charge in [0.1, 0.15) is 5.78 Å². The lowest BCUT2D eigenvalue weighted by molar-refractivity contribution is -0.122. The van der Waals surface area contributed by atoms with Gasteiger partial charge in [-0.3, -0.25) is 9.69 Å². The lowest BCUT2D eigenvalue weighted by Gasteiger charge is -2.43. The summed E-state index contributed by atoms with van der Waals surface area (Å²) in [5.74, 6) is 0.396. The Hall–Kier alpha value is -1.10. The van der Waals surface area contributed by atoms with Gasteiger partial charge in [-0.15, -0.1) is 0 Å². The molecule has 3 aliphatic rings. The molecule has 0 saturated carbocycles. The van der Waals surface area contributed by atoms with Crippen LogP contribution in [-0.4, -0.2) is 59.5 Å². The van der Waals surface area contributed by atoms with Gasteiger partial charge < -0.3 is 9.64 Å². The van der Waals surface area contributed by atoms with E-state index >= 15 is 0 Å². The number of rotatable bonds is 2. The van der Waals surface area contributed by atoms with Gasteiger partial charge in [-0.2, -0.15) is 0 Å². The van der Waals surface area contributed by atoms with E-state index in [0.717, 1.165) is 38.8 Å². The van der Waals surface area contributed by atoms with Crippen molar-refractivity contribution < 1.29 is 14.3 Å². The first-order valence-electron chi connectivity index (χ1n) is 7.90. The average Bonchev–Trinajstić information content (AvgIpc) is 2.71. The summed E-state index contributed by atoms with van der Waals surface area (Å²) >= 11 is 0. The molecule has 0 aliphatic carbocycles. The minimum atomic E-state index is -0.132. The summed E-state index contributed by atoms with van der Waals surface area (Å²) in [5, 5.41) is 0. The zero-order valence-corrected chi connectivity index (χ0v) is 12.2. The van der Waals surface area contributed by atoms with Crippen LogP contribution >= 0.6 is 0 Å². The third kappa shape index (κ3) is 2.55. The molecule has 5 nitrogen and oxygen atoms in total. The van der Waals surface area contributed by atoms with Gasteiger partial charge in [0.2, 0.25) is 0 Å². The average molecular weight is 280 g/mol. The molecular formula is C15H24N2O3. The maximum atomic E-state index is 12.0. The fourth-order valence-corrected chi connectivity index (χ4v) is 4.08. The highest BCUT2D eigenvalue weighted by atomic mass is 16.6. The summed E-state index contributed by atoms with van der Waals surface area (Å²) in [6.07, 6.45) is 5.57. The van der Waals surface area contributed by atoms with Crippen LogP contribution in [0.5, 0.6) is 0 Å². The Labute approximate surface area is 120 Å². The summed E-state index contributed by atoms with van der Waals surface area (Å²) < 4.78 is 5.19. The van der Waals surface area contributed by atoms with E-state index in [1.54, 1.807) is 0 Å². The molecule has 2 bridgehead atoms. The van der Waals surface area contributed by atoms with Crippen molar-refractivity contribution in [2.75, 3.05) is 19.7 Å². The van der Waals surface area contributed by atoms with Crippen molar-refractivity contribution in [3.8, 4) is 0 Å². The van der Waals surface area contributed by atoms with E-state index in [1.165, 1.54) is 0 Å². The van der Waals surface area contributed by atoms with Gasteiger partial charge in [-0.05, 0) is 32.6 Å². The highest BCUT2D eigenvalue weighted by Crippen LogP contribution is 2.38. The van der Waals surface area contributed by atoms with Gasteiger partial charge in [0.15, 0.2) is 0 Å². The van der Waals surface area contributed by atoms with E-state index in [1.807, 2.05) is 11.8 Å². The number of fused-ring (bicyclic) bond motifs is 2. The number of likely N-dealkylation sites (tertiary alicyclic amines) is 1. The second-order valence-electron chi connectivity index (χ2n) is 6.19. The second-order valence-corrected chi connectivity index (χ2v) is 6.19. The molecule has 1 unspecified atom stereocenters. The number of carbonyl (C=O) groups excluding carboxylic acids is 2. The largest absolute Gasteiger partial charge is 0.450 e. The molecule has 3 rings (SSSR count). The first-order valence-corrected chi connectivity index (χ1v) is 7.90. The van der Waals surface area contributed by atoms with Crippen LogP contribution < -0.4 is 0 Å². The van der Waals surface area contributed by atoms with Crippen LogP contribution in [0.2, 0.25) is 0 Å². The molecule has 112 valence electrons. The number of Topliss-reactive ketones (excluding diaryl/α,β-unsaturated/α-hetero) is 1. The molecule has 5 heteroatoms. The third-order valence-electron chi connectivity index (χ3n) is 5.06. The number of piperidine rings is 2. The Morgan fingerprint density at radius 1 is 1.15 bits per heavy atom. The van der Waals surface area contributed by atoms with Crippen LogP contribution in [0, 0.1) is 0 Å². The molecule has 3 aliphatic heterocycles. The van der Waals surface area contributed by atoms with Gasteiger partial charge in [0.05, 0.1) is 6.61 Å². The zero-order valence-electron chi connectivity index (χ0n) is 12.2. The maximum Gasteiger partial charge on any atom is 0.410 e. The number of hydrogen-bond acceptors (Lipinski definition) is 4. The number of hydrogen-bond donors (Lipinski definition) is 0. The van der Waals surface area contributed by atoms with E-state index < -0.39 is 0 Å². The molecule has 0 aromatic heterocycles. The normalized spacial score (nSPS) is 34.4. The molecule has 0 N–H and O–H groups in total. The minimum absolute atomic E-state index is 0.132. The standard InChI is InChI=1S/C15H24N2O3/c1-2-20-15(19)17-11-3-4-12(17)10-13(9-11)16-7-5-14(18)6-8-16/h11-13H,2-10H2,1H3/t11-,12+,13?. The molecule has 3 atom stereocenters. The van der Waals surface area contributed by atoms with Crippen molar-refractivity contribution in [3.63, 3.8) is 0 Å². The minimum Gasteiger partial charge on any atom is -0.450 e. The monoisotopic (exact) mass is 280 g/mol. The summed E-state index contributed by atoms with van der Waals surface area (Å²) in [6, 6.07) is 1.23. The molecule has 3 heterocycles. The van der Waals surface area contributed by atoms with E-state index in [0.29, 0.717) is 43.4 Å². The highest BCUT2D eigenvalue weighted by molar-refractivity contribution is 5.79.